The average Bonchev–Trinajstić information content (AvgIpc) is 2.28. The average molecular weight is 268 g/mol. The van der Waals surface area contributed by atoms with Crippen molar-refractivity contribution in [2.24, 2.45) is 0 Å². The summed E-state index contributed by atoms with van der Waals surface area (Å²) in [4.78, 5) is 23.6. The normalized spacial score (nSPS) is 20.1. The summed E-state index contributed by atoms with van der Waals surface area (Å²) < 4.78 is 38.0. The van der Waals surface area contributed by atoms with Gasteiger partial charge in [0.15, 0.2) is 0 Å². The topological polar surface area (TPSA) is 69.6 Å². The van der Waals surface area contributed by atoms with E-state index in [1.54, 1.807) is 5.32 Å². The fraction of sp³-hybridized carbons (Fsp3) is 0.800. The summed E-state index contributed by atoms with van der Waals surface area (Å²) in [7, 11) is 0. The van der Waals surface area contributed by atoms with Crippen LogP contribution >= 0.6 is 0 Å². The molecule has 5 nitrogen and oxygen atoms in total. The van der Waals surface area contributed by atoms with Crippen LogP contribution in [0.1, 0.15) is 26.2 Å². The van der Waals surface area contributed by atoms with E-state index < -0.39 is 23.7 Å². The summed E-state index contributed by atoms with van der Waals surface area (Å²) in [6, 6.07) is -0.989. The largest absolute Gasteiger partial charge is 0.479 e. The first-order valence-corrected chi connectivity index (χ1v) is 5.55. The molecular formula is C10H15F3N2O3. The fourth-order valence-electron chi connectivity index (χ4n) is 1.64. The van der Waals surface area contributed by atoms with Crippen LogP contribution in [0.3, 0.4) is 0 Å². The fourth-order valence-corrected chi connectivity index (χ4v) is 1.64. The van der Waals surface area contributed by atoms with Crippen LogP contribution in [-0.2, 0) is 4.79 Å². The number of nitrogens with one attached hydrogen (secondary N) is 1. The van der Waals surface area contributed by atoms with Crippen molar-refractivity contribution < 1.29 is 27.9 Å². The van der Waals surface area contributed by atoms with E-state index in [9.17, 15) is 22.8 Å². The Kier molecular flexibility index (Phi) is 4.08. The third-order valence-electron chi connectivity index (χ3n) is 2.99. The number of aliphatic carboxylic acids is 1. The van der Waals surface area contributed by atoms with E-state index in [2.05, 4.69) is 0 Å². The van der Waals surface area contributed by atoms with Gasteiger partial charge in [0.1, 0.15) is 0 Å². The van der Waals surface area contributed by atoms with Crippen LogP contribution in [0.25, 0.3) is 0 Å². The molecule has 0 aromatic carbocycles. The zero-order valence-electron chi connectivity index (χ0n) is 9.88. The Hall–Kier alpha value is -1.47. The number of carbonyl (C=O) groups is 2. The molecule has 1 unspecified atom stereocenters. The second-order valence-corrected chi connectivity index (χ2v) is 4.41. The molecule has 0 aliphatic carbocycles. The number of carbonyl (C=O) groups excluding carboxylic acids is 1. The molecule has 1 fully saturated rings. The van der Waals surface area contributed by atoms with Crippen molar-refractivity contribution in [3.63, 3.8) is 0 Å². The minimum atomic E-state index is -5.05. The minimum absolute atomic E-state index is 0.347. The van der Waals surface area contributed by atoms with Gasteiger partial charge in [0, 0.05) is 13.1 Å². The highest BCUT2D eigenvalue weighted by Crippen LogP contribution is 2.30. The number of alkyl halides is 3. The number of halogens is 3. The molecule has 1 heterocycles. The number of urea groups is 1. The van der Waals surface area contributed by atoms with Gasteiger partial charge in [-0.05, 0) is 26.2 Å². The Bertz CT molecular complexity index is 340. The van der Waals surface area contributed by atoms with E-state index in [0.717, 1.165) is 6.42 Å². The summed E-state index contributed by atoms with van der Waals surface area (Å²) in [5.41, 5.74) is -3.26. The zero-order valence-corrected chi connectivity index (χ0v) is 9.88. The molecular weight excluding hydrogens is 253 g/mol. The van der Waals surface area contributed by atoms with Gasteiger partial charge in [-0.15, -0.1) is 0 Å². The number of carboxylic acids is 1. The van der Waals surface area contributed by atoms with Gasteiger partial charge >= 0.3 is 18.2 Å². The van der Waals surface area contributed by atoms with E-state index in [-0.39, 0.29) is 0 Å². The number of hydrogen-bond acceptors (Lipinski definition) is 2. The van der Waals surface area contributed by atoms with Gasteiger partial charge in [0.25, 0.3) is 0 Å². The lowest BCUT2D eigenvalue weighted by atomic mass is 10.0. The van der Waals surface area contributed by atoms with E-state index in [1.165, 1.54) is 4.90 Å². The van der Waals surface area contributed by atoms with Crippen LogP contribution < -0.4 is 5.32 Å². The first-order chi connectivity index (χ1) is 8.18. The Labute approximate surface area is 102 Å². The smallest absolute Gasteiger partial charge is 0.422 e. The molecule has 2 amide bonds. The van der Waals surface area contributed by atoms with Gasteiger partial charge in [-0.1, -0.05) is 0 Å². The van der Waals surface area contributed by atoms with Gasteiger partial charge in [0.05, 0.1) is 0 Å². The second kappa shape index (κ2) is 5.03. The molecule has 18 heavy (non-hydrogen) atoms. The summed E-state index contributed by atoms with van der Waals surface area (Å²) in [5, 5.41) is 10.2. The Morgan fingerprint density at radius 3 is 2.06 bits per heavy atom. The zero-order chi connectivity index (χ0) is 14.0. The van der Waals surface area contributed by atoms with Gasteiger partial charge < -0.3 is 15.3 Å². The van der Waals surface area contributed by atoms with Crippen molar-refractivity contribution in [3.8, 4) is 0 Å². The van der Waals surface area contributed by atoms with E-state index in [1.807, 2.05) is 0 Å². The van der Waals surface area contributed by atoms with Crippen molar-refractivity contribution in [3.05, 3.63) is 0 Å². The molecule has 1 atom stereocenters. The molecule has 0 bridgehead atoms. The van der Waals surface area contributed by atoms with Crippen LogP contribution in [0, 0.1) is 0 Å². The number of nitrogens with zero attached hydrogens (tertiary/aromatic N) is 1. The lowest BCUT2D eigenvalue weighted by molar-refractivity contribution is -0.203. The molecule has 0 aromatic rings. The quantitative estimate of drug-likeness (QED) is 0.799. The lowest BCUT2D eigenvalue weighted by Gasteiger charge is -2.33. The summed E-state index contributed by atoms with van der Waals surface area (Å²) in [5.74, 6) is -2.12. The van der Waals surface area contributed by atoms with Crippen LogP contribution in [0.2, 0.25) is 0 Å². The Morgan fingerprint density at radius 2 is 1.67 bits per heavy atom. The lowest BCUT2D eigenvalue weighted by Crippen LogP contribution is -2.64. The first kappa shape index (κ1) is 14.6. The minimum Gasteiger partial charge on any atom is -0.479 e. The van der Waals surface area contributed by atoms with Gasteiger partial charge in [-0.25, -0.2) is 9.59 Å². The maximum atomic E-state index is 12.7. The Morgan fingerprint density at radius 1 is 1.17 bits per heavy atom. The molecule has 0 radical (unpaired) electrons. The number of amides is 2. The molecule has 1 saturated heterocycles. The maximum absolute atomic E-state index is 12.7. The highest BCUT2D eigenvalue weighted by atomic mass is 19.4. The van der Waals surface area contributed by atoms with Crippen LogP contribution in [-0.4, -0.2) is 46.8 Å². The molecule has 104 valence electrons. The monoisotopic (exact) mass is 268 g/mol. The second-order valence-electron chi connectivity index (χ2n) is 4.41. The van der Waals surface area contributed by atoms with Crippen molar-refractivity contribution in [2.75, 3.05) is 13.1 Å². The predicted molar refractivity (Wildman–Crippen MR) is 56.1 cm³/mol. The van der Waals surface area contributed by atoms with Crippen LogP contribution in [0.15, 0.2) is 0 Å². The van der Waals surface area contributed by atoms with Crippen molar-refractivity contribution in [2.45, 2.75) is 37.9 Å². The number of rotatable bonds is 2. The standard InChI is InChI=1S/C10H15F3N2O3/c1-9(7(16)17,10(11,12)13)14-8(18)15-5-3-2-4-6-15/h2-6H2,1H3,(H,14,18)(H,16,17). The maximum Gasteiger partial charge on any atom is 0.422 e. The number of piperidine rings is 1. The van der Waals surface area contributed by atoms with Crippen molar-refractivity contribution >= 4 is 12.0 Å². The number of likely N-dealkylation sites (tertiary alicyclic amines) is 1. The molecule has 2 N–H and O–H groups in total. The summed E-state index contributed by atoms with van der Waals surface area (Å²) >= 11 is 0. The molecule has 8 heteroatoms. The van der Waals surface area contributed by atoms with E-state index >= 15 is 0 Å². The van der Waals surface area contributed by atoms with Crippen molar-refractivity contribution in [1.82, 2.24) is 10.2 Å². The first-order valence-electron chi connectivity index (χ1n) is 5.55. The number of carboxylic acid groups (broad SMARTS) is 1. The predicted octanol–water partition coefficient (Wildman–Crippen LogP) is 1.59. The summed E-state index contributed by atoms with van der Waals surface area (Å²) in [6.07, 6.45) is -2.71. The van der Waals surface area contributed by atoms with Gasteiger partial charge in [0.2, 0.25) is 5.54 Å². The Balaban J connectivity index is 2.78. The summed E-state index contributed by atoms with van der Waals surface area (Å²) in [6.45, 7) is 1.13. The third-order valence-corrected chi connectivity index (χ3v) is 2.99. The van der Waals surface area contributed by atoms with Gasteiger partial charge in [-0.3, -0.25) is 0 Å². The third kappa shape index (κ3) is 2.85. The SMILES string of the molecule is CC(NC(=O)N1CCCCC1)(C(=O)O)C(F)(F)F. The molecule has 0 spiro atoms. The number of hydrogen-bond donors (Lipinski definition) is 2. The highest BCUT2D eigenvalue weighted by molar-refractivity contribution is 5.86. The highest BCUT2D eigenvalue weighted by Gasteiger charge is 2.58. The molecule has 1 rings (SSSR count). The van der Waals surface area contributed by atoms with Crippen LogP contribution in [0.4, 0.5) is 18.0 Å². The molecule has 1 aliphatic heterocycles. The molecule has 0 saturated carbocycles. The van der Waals surface area contributed by atoms with Gasteiger partial charge in [-0.2, -0.15) is 13.2 Å². The van der Waals surface area contributed by atoms with E-state index in [0.29, 0.717) is 32.9 Å². The molecule has 1 aliphatic rings. The molecule has 0 aromatic heterocycles. The van der Waals surface area contributed by atoms with Crippen LogP contribution in [0.5, 0.6) is 0 Å². The van der Waals surface area contributed by atoms with E-state index in [4.69, 9.17) is 5.11 Å². The van der Waals surface area contributed by atoms with Crippen molar-refractivity contribution in [1.29, 1.82) is 0 Å².